The van der Waals surface area contributed by atoms with Gasteiger partial charge in [-0.2, -0.15) is 5.10 Å². The van der Waals surface area contributed by atoms with Crippen molar-refractivity contribution in [3.63, 3.8) is 0 Å². The van der Waals surface area contributed by atoms with Gasteiger partial charge in [0, 0.05) is 44.7 Å². The van der Waals surface area contributed by atoms with Crippen LogP contribution >= 0.6 is 0 Å². The van der Waals surface area contributed by atoms with Crippen LogP contribution in [0.4, 0.5) is 0 Å². The quantitative estimate of drug-likeness (QED) is 0.835. The first-order valence-electron chi connectivity index (χ1n) is 7.91. The highest BCUT2D eigenvalue weighted by Crippen LogP contribution is 2.16. The average molecular weight is 315 g/mol. The van der Waals surface area contributed by atoms with Crippen molar-refractivity contribution in [3.05, 3.63) is 23.5 Å². The summed E-state index contributed by atoms with van der Waals surface area (Å²) in [7, 11) is 1.84. The number of fused-ring (bicyclic) bond motifs is 1. The minimum atomic E-state index is -0.143. The van der Waals surface area contributed by atoms with E-state index >= 15 is 0 Å². The minimum Gasteiger partial charge on any atom is -0.352 e. The predicted molar refractivity (Wildman–Crippen MR) is 86.0 cm³/mol. The van der Waals surface area contributed by atoms with E-state index in [-0.39, 0.29) is 11.8 Å². The zero-order valence-electron chi connectivity index (χ0n) is 13.5. The van der Waals surface area contributed by atoms with Gasteiger partial charge in [0.1, 0.15) is 0 Å². The lowest BCUT2D eigenvalue weighted by Gasteiger charge is -2.15. The fraction of sp³-hybridized carbons (Fsp3) is 0.500. The fourth-order valence-electron chi connectivity index (χ4n) is 2.95. The molecule has 0 bridgehead atoms. The van der Waals surface area contributed by atoms with Crippen molar-refractivity contribution in [1.29, 1.82) is 0 Å². The Balaban J connectivity index is 1.56. The molecule has 122 valence electrons. The summed E-state index contributed by atoms with van der Waals surface area (Å²) in [6.45, 7) is 4.00. The first-order valence-corrected chi connectivity index (χ1v) is 7.91. The molecule has 7 heteroatoms. The van der Waals surface area contributed by atoms with Gasteiger partial charge in [0.2, 0.25) is 5.91 Å². The van der Waals surface area contributed by atoms with Crippen molar-refractivity contribution < 1.29 is 9.59 Å². The van der Waals surface area contributed by atoms with Crippen LogP contribution in [0.1, 0.15) is 35.3 Å². The van der Waals surface area contributed by atoms with E-state index in [1.54, 1.807) is 10.9 Å². The molecule has 0 atom stereocenters. The lowest BCUT2D eigenvalue weighted by atomic mass is 10.2. The normalized spacial score (nSPS) is 14.7. The molecule has 3 heterocycles. The highest BCUT2D eigenvalue weighted by atomic mass is 16.2. The van der Waals surface area contributed by atoms with Crippen molar-refractivity contribution in [1.82, 2.24) is 25.0 Å². The van der Waals surface area contributed by atoms with Crippen LogP contribution in [0.25, 0.3) is 11.0 Å². The van der Waals surface area contributed by atoms with Crippen LogP contribution in [0.3, 0.4) is 0 Å². The van der Waals surface area contributed by atoms with Gasteiger partial charge in [0.25, 0.3) is 5.91 Å². The Morgan fingerprint density at radius 1 is 1.43 bits per heavy atom. The molecule has 2 aromatic heterocycles. The molecule has 0 spiro atoms. The van der Waals surface area contributed by atoms with Crippen LogP contribution in [-0.4, -0.2) is 51.1 Å². The summed E-state index contributed by atoms with van der Waals surface area (Å²) in [5.74, 6) is 0.0773. The SMILES string of the molecule is Cc1nn(C)c2ncc(C(=O)NCCCN3CCCC3=O)cc12. The third kappa shape index (κ3) is 3.18. The number of aromatic nitrogens is 3. The molecule has 0 saturated carbocycles. The molecule has 1 saturated heterocycles. The van der Waals surface area contributed by atoms with Gasteiger partial charge in [-0.15, -0.1) is 0 Å². The zero-order valence-corrected chi connectivity index (χ0v) is 13.5. The number of nitrogens with zero attached hydrogens (tertiary/aromatic N) is 4. The summed E-state index contributed by atoms with van der Waals surface area (Å²) in [6.07, 6.45) is 3.94. The predicted octanol–water partition coefficient (Wildman–Crippen LogP) is 1.02. The highest BCUT2D eigenvalue weighted by molar-refractivity contribution is 5.97. The first-order chi connectivity index (χ1) is 11.1. The molecular weight excluding hydrogens is 294 g/mol. The third-order valence-electron chi connectivity index (χ3n) is 4.19. The molecule has 7 nitrogen and oxygen atoms in total. The number of hydrogen-bond donors (Lipinski definition) is 1. The van der Waals surface area contributed by atoms with Gasteiger partial charge in [-0.1, -0.05) is 0 Å². The number of hydrogen-bond acceptors (Lipinski definition) is 4. The van der Waals surface area contributed by atoms with E-state index in [0.29, 0.717) is 25.1 Å². The largest absolute Gasteiger partial charge is 0.352 e. The molecule has 1 aliphatic rings. The van der Waals surface area contributed by atoms with Gasteiger partial charge in [-0.05, 0) is 25.8 Å². The summed E-state index contributed by atoms with van der Waals surface area (Å²) >= 11 is 0. The second-order valence-corrected chi connectivity index (χ2v) is 5.90. The molecule has 0 unspecified atom stereocenters. The number of nitrogens with one attached hydrogen (secondary N) is 1. The molecule has 2 amide bonds. The van der Waals surface area contributed by atoms with Crippen LogP contribution in [0.2, 0.25) is 0 Å². The van der Waals surface area contributed by atoms with Gasteiger partial charge in [0.05, 0.1) is 11.3 Å². The van der Waals surface area contributed by atoms with E-state index in [4.69, 9.17) is 0 Å². The van der Waals surface area contributed by atoms with E-state index in [1.807, 2.05) is 24.9 Å². The van der Waals surface area contributed by atoms with Crippen molar-refractivity contribution in [3.8, 4) is 0 Å². The van der Waals surface area contributed by atoms with Gasteiger partial charge < -0.3 is 10.2 Å². The Morgan fingerprint density at radius 2 is 2.26 bits per heavy atom. The van der Waals surface area contributed by atoms with Crippen molar-refractivity contribution in [2.24, 2.45) is 7.05 Å². The molecule has 0 radical (unpaired) electrons. The van der Waals surface area contributed by atoms with E-state index in [2.05, 4.69) is 15.4 Å². The summed E-state index contributed by atoms with van der Waals surface area (Å²) in [5, 5.41) is 8.08. The van der Waals surface area contributed by atoms with Crippen LogP contribution in [-0.2, 0) is 11.8 Å². The minimum absolute atomic E-state index is 0.143. The average Bonchev–Trinajstić information content (AvgIpc) is 3.07. The molecule has 3 rings (SSSR count). The number of likely N-dealkylation sites (tertiary alicyclic amines) is 1. The smallest absolute Gasteiger partial charge is 0.252 e. The molecule has 23 heavy (non-hydrogen) atoms. The summed E-state index contributed by atoms with van der Waals surface area (Å²) in [5.41, 5.74) is 2.16. The Bertz CT molecular complexity index is 752. The number of carbonyl (C=O) groups is 2. The molecule has 1 fully saturated rings. The van der Waals surface area contributed by atoms with E-state index < -0.39 is 0 Å². The van der Waals surface area contributed by atoms with Crippen molar-refractivity contribution in [2.45, 2.75) is 26.2 Å². The van der Waals surface area contributed by atoms with Crippen LogP contribution in [0.5, 0.6) is 0 Å². The van der Waals surface area contributed by atoms with Gasteiger partial charge in [-0.25, -0.2) is 4.98 Å². The molecule has 1 N–H and O–H groups in total. The lowest BCUT2D eigenvalue weighted by molar-refractivity contribution is -0.127. The van der Waals surface area contributed by atoms with Gasteiger partial charge in [0.15, 0.2) is 5.65 Å². The molecular formula is C16H21N5O2. The number of aryl methyl sites for hydroxylation is 2. The number of carbonyl (C=O) groups excluding carboxylic acids is 2. The second kappa shape index (κ2) is 6.36. The standard InChI is InChI=1S/C16H21N5O2/c1-11-13-9-12(10-18-15(13)20(2)19-11)16(23)17-6-4-8-21-7-3-5-14(21)22/h9-10H,3-8H2,1-2H3,(H,17,23). The highest BCUT2D eigenvalue weighted by Gasteiger charge is 2.19. The number of rotatable bonds is 5. The number of amides is 2. The topological polar surface area (TPSA) is 80.1 Å². The van der Waals surface area contributed by atoms with Gasteiger partial charge in [-0.3, -0.25) is 14.3 Å². The second-order valence-electron chi connectivity index (χ2n) is 5.90. The monoisotopic (exact) mass is 315 g/mol. The van der Waals surface area contributed by atoms with E-state index in [1.165, 1.54) is 0 Å². The first kappa shape index (κ1) is 15.5. The van der Waals surface area contributed by atoms with E-state index in [9.17, 15) is 9.59 Å². The van der Waals surface area contributed by atoms with Crippen LogP contribution < -0.4 is 5.32 Å². The summed E-state index contributed by atoms with van der Waals surface area (Å²) < 4.78 is 1.71. The lowest BCUT2D eigenvalue weighted by Crippen LogP contribution is -2.30. The summed E-state index contributed by atoms with van der Waals surface area (Å²) in [4.78, 5) is 29.9. The maximum Gasteiger partial charge on any atom is 0.252 e. The molecule has 0 aromatic carbocycles. The Kier molecular flexibility index (Phi) is 4.27. The Hall–Kier alpha value is -2.44. The van der Waals surface area contributed by atoms with E-state index in [0.717, 1.165) is 36.1 Å². The Morgan fingerprint density at radius 3 is 3.00 bits per heavy atom. The van der Waals surface area contributed by atoms with Crippen molar-refractivity contribution in [2.75, 3.05) is 19.6 Å². The van der Waals surface area contributed by atoms with Crippen LogP contribution in [0, 0.1) is 6.92 Å². The number of pyridine rings is 1. The van der Waals surface area contributed by atoms with Crippen molar-refractivity contribution >= 4 is 22.8 Å². The molecule has 1 aliphatic heterocycles. The van der Waals surface area contributed by atoms with Crippen LogP contribution in [0.15, 0.2) is 12.3 Å². The Labute approximate surface area is 134 Å². The summed E-state index contributed by atoms with van der Waals surface area (Å²) in [6, 6.07) is 1.82. The maximum atomic E-state index is 12.2. The van der Waals surface area contributed by atoms with Gasteiger partial charge >= 0.3 is 0 Å². The molecule has 2 aromatic rings. The third-order valence-corrected chi connectivity index (χ3v) is 4.19. The molecule has 0 aliphatic carbocycles. The maximum absolute atomic E-state index is 12.2. The fourth-order valence-corrected chi connectivity index (χ4v) is 2.95. The zero-order chi connectivity index (χ0) is 16.4.